The number of imide groups is 3. The minimum atomic E-state index is -5.08. The number of hydrogen-bond acceptors (Lipinski definition) is 5. The summed E-state index contributed by atoms with van der Waals surface area (Å²) < 4.78 is 31.7. The summed E-state index contributed by atoms with van der Waals surface area (Å²) in [4.78, 5) is 51.9. The fourth-order valence-corrected chi connectivity index (χ4v) is 3.13. The third-order valence-corrected chi connectivity index (χ3v) is 4.60. The van der Waals surface area contributed by atoms with Gasteiger partial charge in [-0.1, -0.05) is 60.7 Å². The fourth-order valence-electron chi connectivity index (χ4n) is 3.13. The van der Waals surface area contributed by atoms with E-state index in [1.54, 1.807) is 60.7 Å². The summed E-state index contributed by atoms with van der Waals surface area (Å²) in [5.74, 6) is -4.57. The number of nitrogens with two attached hydrogens (primary N) is 2. The number of amides is 4. The van der Waals surface area contributed by atoms with E-state index in [0.717, 1.165) is 0 Å². The third-order valence-electron chi connectivity index (χ3n) is 4.60. The predicted octanol–water partition coefficient (Wildman–Crippen LogP) is 1.30. The molecular formula is C21H20F3N5O5. The molecule has 6 N–H and O–H groups in total. The number of aliphatic imine (C=N–C) groups is 1. The molecule has 1 aliphatic rings. The molecule has 0 spiro atoms. The Morgan fingerprint density at radius 1 is 1.00 bits per heavy atom. The van der Waals surface area contributed by atoms with Gasteiger partial charge in [0.25, 0.3) is 11.8 Å². The predicted molar refractivity (Wildman–Crippen MR) is 113 cm³/mol. The van der Waals surface area contributed by atoms with Gasteiger partial charge in [-0.15, -0.1) is 0 Å². The lowest BCUT2D eigenvalue weighted by Gasteiger charge is -2.27. The molecule has 0 bridgehead atoms. The molecule has 1 atom stereocenters. The van der Waals surface area contributed by atoms with Gasteiger partial charge in [0.05, 0.1) is 0 Å². The highest BCUT2D eigenvalue weighted by molar-refractivity contribution is 6.20. The number of halogens is 3. The van der Waals surface area contributed by atoms with Crippen molar-refractivity contribution in [3.8, 4) is 0 Å². The van der Waals surface area contributed by atoms with Crippen LogP contribution in [-0.4, -0.2) is 52.0 Å². The number of nitrogens with one attached hydrogen (secondary N) is 1. The summed E-state index contributed by atoms with van der Waals surface area (Å²) in [5, 5.41) is 9.82. The Labute approximate surface area is 191 Å². The zero-order chi connectivity index (χ0) is 25.7. The lowest BCUT2D eigenvalue weighted by atomic mass is 9.82. The molecule has 10 nitrogen and oxygen atoms in total. The van der Waals surface area contributed by atoms with Crippen LogP contribution in [0.15, 0.2) is 65.7 Å². The van der Waals surface area contributed by atoms with Crippen LogP contribution in [0.5, 0.6) is 0 Å². The number of rotatable bonds is 4. The number of aliphatic carboxylic acids is 1. The maximum Gasteiger partial charge on any atom is 0.490 e. The Morgan fingerprint density at radius 3 is 1.76 bits per heavy atom. The molecule has 0 saturated carbocycles. The topological polar surface area (TPSA) is 168 Å². The largest absolute Gasteiger partial charge is 0.490 e. The van der Waals surface area contributed by atoms with Crippen LogP contribution in [0.25, 0.3) is 0 Å². The zero-order valence-corrected chi connectivity index (χ0v) is 17.6. The van der Waals surface area contributed by atoms with Gasteiger partial charge >= 0.3 is 18.2 Å². The number of carbonyl (C=O) groups excluding carboxylic acids is 3. The van der Waals surface area contributed by atoms with Crippen LogP contribution in [-0.2, 0) is 19.9 Å². The van der Waals surface area contributed by atoms with E-state index in [0.29, 0.717) is 16.0 Å². The number of alkyl halides is 3. The van der Waals surface area contributed by atoms with Gasteiger partial charge in [0.15, 0.2) is 11.5 Å². The number of benzene rings is 2. The molecular weight excluding hydrogens is 459 g/mol. The van der Waals surface area contributed by atoms with Crippen molar-refractivity contribution in [2.45, 2.75) is 24.7 Å². The first-order valence-corrected chi connectivity index (χ1v) is 9.52. The van der Waals surface area contributed by atoms with Gasteiger partial charge in [0.1, 0.15) is 6.04 Å². The van der Waals surface area contributed by atoms with E-state index in [1.807, 2.05) is 0 Å². The second-order valence-electron chi connectivity index (χ2n) is 6.92. The van der Waals surface area contributed by atoms with E-state index < -0.39 is 41.6 Å². The molecule has 0 radical (unpaired) electrons. The van der Waals surface area contributed by atoms with E-state index in [2.05, 4.69) is 10.3 Å². The maximum absolute atomic E-state index is 13.4. The minimum Gasteiger partial charge on any atom is -0.475 e. The molecule has 1 saturated heterocycles. The van der Waals surface area contributed by atoms with E-state index in [4.69, 9.17) is 21.4 Å². The molecule has 1 aliphatic heterocycles. The van der Waals surface area contributed by atoms with Crippen molar-refractivity contribution in [3.05, 3.63) is 71.8 Å². The van der Waals surface area contributed by atoms with Crippen LogP contribution in [0, 0.1) is 0 Å². The molecule has 4 amide bonds. The quantitative estimate of drug-likeness (QED) is 0.291. The van der Waals surface area contributed by atoms with Crippen molar-refractivity contribution in [2.75, 3.05) is 0 Å². The summed E-state index contributed by atoms with van der Waals surface area (Å²) >= 11 is 0. The molecule has 2 aromatic carbocycles. The fraction of sp³-hybridized carbons (Fsp3) is 0.190. The zero-order valence-electron chi connectivity index (χ0n) is 17.6. The normalized spacial score (nSPS) is 15.5. The van der Waals surface area contributed by atoms with Crippen molar-refractivity contribution in [1.29, 1.82) is 0 Å². The maximum atomic E-state index is 13.4. The van der Waals surface area contributed by atoms with Crippen molar-refractivity contribution in [3.63, 3.8) is 0 Å². The van der Waals surface area contributed by atoms with Gasteiger partial charge in [-0.25, -0.2) is 14.6 Å². The Kier molecular flexibility index (Phi) is 7.61. The number of guanidine groups is 1. The lowest BCUT2D eigenvalue weighted by molar-refractivity contribution is -0.192. The Morgan fingerprint density at radius 2 is 1.41 bits per heavy atom. The van der Waals surface area contributed by atoms with Crippen molar-refractivity contribution in [2.24, 2.45) is 16.5 Å². The summed E-state index contributed by atoms with van der Waals surface area (Å²) in [6.07, 6.45) is -5.08. The first-order valence-electron chi connectivity index (χ1n) is 9.52. The molecule has 1 heterocycles. The third kappa shape index (κ3) is 5.31. The van der Waals surface area contributed by atoms with Gasteiger partial charge in [-0.05, 0) is 18.1 Å². The van der Waals surface area contributed by atoms with Crippen molar-refractivity contribution < 1.29 is 37.5 Å². The Hall–Kier alpha value is -4.42. The second-order valence-corrected chi connectivity index (χ2v) is 6.92. The average Bonchev–Trinajstić information content (AvgIpc) is 3.04. The minimum absolute atomic E-state index is 0.305. The Balaban J connectivity index is 0.000000509. The van der Waals surface area contributed by atoms with E-state index in [9.17, 15) is 27.6 Å². The molecule has 0 unspecified atom stereocenters. The molecule has 0 aromatic heterocycles. The van der Waals surface area contributed by atoms with Crippen molar-refractivity contribution in [1.82, 2.24) is 10.2 Å². The van der Waals surface area contributed by atoms with E-state index in [-0.39, 0.29) is 5.96 Å². The van der Waals surface area contributed by atoms with Gasteiger partial charge in [0.2, 0.25) is 0 Å². The SMILES string of the molecule is C[C@H](N=C(N)N)C(=O)N1C(=O)NC(c2ccccc2)(c2ccccc2)C1=O.O=C(O)C(F)(F)F. The lowest BCUT2D eigenvalue weighted by Crippen LogP contribution is -2.47. The van der Waals surface area contributed by atoms with Crippen molar-refractivity contribution >= 4 is 29.8 Å². The van der Waals surface area contributed by atoms with E-state index >= 15 is 0 Å². The van der Waals surface area contributed by atoms with Crippen LogP contribution in [0.2, 0.25) is 0 Å². The highest BCUT2D eigenvalue weighted by atomic mass is 19.4. The van der Waals surface area contributed by atoms with Gasteiger partial charge in [-0.2, -0.15) is 18.1 Å². The summed E-state index contributed by atoms with van der Waals surface area (Å²) in [6, 6.07) is 15.6. The molecule has 0 aliphatic carbocycles. The van der Waals surface area contributed by atoms with Crippen LogP contribution in [0.4, 0.5) is 18.0 Å². The number of urea groups is 1. The number of carboxylic acid groups (broad SMARTS) is 1. The Bertz CT molecular complexity index is 1060. The van der Waals surface area contributed by atoms with Crippen LogP contribution in [0.3, 0.4) is 0 Å². The molecule has 13 heteroatoms. The smallest absolute Gasteiger partial charge is 0.475 e. The molecule has 3 rings (SSSR count). The van der Waals surface area contributed by atoms with Crippen LogP contribution >= 0.6 is 0 Å². The highest BCUT2D eigenvalue weighted by Gasteiger charge is 2.56. The standard InChI is InChI=1S/C19H19N5O3.C2HF3O2/c1-12(22-17(20)21)15(25)24-16(26)19(23-18(24)27,13-8-4-2-5-9-13)14-10-6-3-7-11-14;3-2(4,5)1(6)7/h2-12H,1H3,(H,23,27)(H4,20,21,22);(H,6,7)/t12-;/m0./s1. The molecule has 1 fully saturated rings. The molecule has 2 aromatic rings. The number of hydrogen-bond donors (Lipinski definition) is 4. The van der Waals surface area contributed by atoms with Gasteiger partial charge < -0.3 is 21.9 Å². The first kappa shape index (κ1) is 25.8. The monoisotopic (exact) mass is 479 g/mol. The molecule has 34 heavy (non-hydrogen) atoms. The number of nitrogens with zero attached hydrogens (tertiary/aromatic N) is 2. The summed E-state index contributed by atoms with van der Waals surface area (Å²) in [5.41, 5.74) is 10.2. The van der Waals surface area contributed by atoms with E-state index in [1.165, 1.54) is 6.92 Å². The highest BCUT2D eigenvalue weighted by Crippen LogP contribution is 2.36. The summed E-state index contributed by atoms with van der Waals surface area (Å²) in [7, 11) is 0. The van der Waals surface area contributed by atoms with Crippen LogP contribution in [0.1, 0.15) is 18.1 Å². The molecule has 180 valence electrons. The van der Waals surface area contributed by atoms with Gasteiger partial charge in [0, 0.05) is 0 Å². The van der Waals surface area contributed by atoms with Crippen LogP contribution < -0.4 is 16.8 Å². The number of carboxylic acids is 1. The summed E-state index contributed by atoms with van der Waals surface area (Å²) in [6.45, 7) is 1.41. The average molecular weight is 479 g/mol. The first-order chi connectivity index (χ1) is 15.8. The second kappa shape index (κ2) is 10.0. The number of carbonyl (C=O) groups is 4. The van der Waals surface area contributed by atoms with Gasteiger partial charge in [-0.3, -0.25) is 9.59 Å².